The van der Waals surface area contributed by atoms with E-state index in [1.54, 1.807) is 0 Å². The highest BCUT2D eigenvalue weighted by atomic mass is 16.5. The van der Waals surface area contributed by atoms with Crippen LogP contribution in [0.1, 0.15) is 115 Å². The van der Waals surface area contributed by atoms with Crippen LogP contribution in [0.5, 0.6) is 5.75 Å². The van der Waals surface area contributed by atoms with Gasteiger partial charge in [0.1, 0.15) is 5.75 Å². The van der Waals surface area contributed by atoms with E-state index in [0.29, 0.717) is 0 Å². The fraction of sp³-hybridized carbons (Fsp3) is 0.760. The highest BCUT2D eigenvalue weighted by Gasteiger charge is 2.24. The van der Waals surface area contributed by atoms with Crippen molar-refractivity contribution in [2.75, 3.05) is 6.61 Å². The summed E-state index contributed by atoms with van der Waals surface area (Å²) in [5.74, 6) is 2.86. The minimum atomic E-state index is 0.718. The maximum absolute atomic E-state index is 6.13. The molecule has 1 fully saturated rings. The third-order valence-corrected chi connectivity index (χ3v) is 6.11. The number of aryl methyl sites for hydroxylation is 1. The number of hydrogen-bond donors (Lipinski definition) is 0. The maximum atomic E-state index is 6.13. The predicted molar refractivity (Wildman–Crippen MR) is 114 cm³/mol. The van der Waals surface area contributed by atoms with E-state index < -0.39 is 0 Å². The van der Waals surface area contributed by atoms with Gasteiger partial charge in [0.05, 0.1) is 6.61 Å². The molecule has 1 aromatic carbocycles. The SMILES string of the molecule is CCCCCc1ccc(OCCC)c(C2CCC(CCCCC)CC2)c1. The molecule has 1 aromatic rings. The zero-order valence-electron chi connectivity index (χ0n) is 17.7. The summed E-state index contributed by atoms with van der Waals surface area (Å²) >= 11 is 0. The Morgan fingerprint density at radius 3 is 2.27 bits per heavy atom. The topological polar surface area (TPSA) is 9.23 Å². The molecule has 0 aliphatic heterocycles. The van der Waals surface area contributed by atoms with Crippen LogP contribution in [-0.2, 0) is 6.42 Å². The van der Waals surface area contributed by atoms with E-state index in [0.717, 1.165) is 24.9 Å². The molecule has 0 aromatic heterocycles. The molecule has 1 aliphatic rings. The van der Waals surface area contributed by atoms with E-state index in [-0.39, 0.29) is 0 Å². The quantitative estimate of drug-likeness (QED) is 0.343. The van der Waals surface area contributed by atoms with Gasteiger partial charge in [0.15, 0.2) is 0 Å². The molecule has 148 valence electrons. The van der Waals surface area contributed by atoms with Crippen molar-refractivity contribution < 1.29 is 4.74 Å². The van der Waals surface area contributed by atoms with Crippen LogP contribution in [0, 0.1) is 5.92 Å². The van der Waals surface area contributed by atoms with Crippen molar-refractivity contribution in [3.05, 3.63) is 29.3 Å². The number of unbranched alkanes of at least 4 members (excludes halogenated alkanes) is 4. The van der Waals surface area contributed by atoms with Gasteiger partial charge in [-0.1, -0.05) is 71.4 Å². The van der Waals surface area contributed by atoms with Gasteiger partial charge < -0.3 is 4.74 Å². The first-order valence-corrected chi connectivity index (χ1v) is 11.5. The first-order valence-electron chi connectivity index (χ1n) is 11.5. The lowest BCUT2D eigenvalue weighted by Gasteiger charge is -2.30. The number of rotatable bonds is 12. The van der Waals surface area contributed by atoms with E-state index in [1.165, 1.54) is 93.9 Å². The first kappa shape index (κ1) is 21.3. The van der Waals surface area contributed by atoms with Gasteiger partial charge in [0.2, 0.25) is 0 Å². The van der Waals surface area contributed by atoms with Crippen molar-refractivity contribution in [2.24, 2.45) is 5.92 Å². The van der Waals surface area contributed by atoms with E-state index in [2.05, 4.69) is 39.0 Å². The zero-order valence-corrected chi connectivity index (χ0v) is 17.7. The smallest absolute Gasteiger partial charge is 0.122 e. The van der Waals surface area contributed by atoms with Crippen LogP contribution in [0.15, 0.2) is 18.2 Å². The van der Waals surface area contributed by atoms with Gasteiger partial charge >= 0.3 is 0 Å². The van der Waals surface area contributed by atoms with E-state index >= 15 is 0 Å². The fourth-order valence-electron chi connectivity index (χ4n) is 4.44. The first-order chi connectivity index (χ1) is 12.8. The monoisotopic (exact) mass is 358 g/mol. The Balaban J connectivity index is 1.99. The van der Waals surface area contributed by atoms with Crippen LogP contribution in [0.2, 0.25) is 0 Å². The van der Waals surface area contributed by atoms with Crippen LogP contribution in [-0.4, -0.2) is 6.61 Å². The fourth-order valence-corrected chi connectivity index (χ4v) is 4.44. The van der Waals surface area contributed by atoms with Gasteiger partial charge in [-0.05, 0) is 74.0 Å². The Bertz CT molecular complexity index is 485. The highest BCUT2D eigenvalue weighted by molar-refractivity contribution is 5.40. The standard InChI is InChI=1S/C25H42O/c1-4-7-9-11-21-13-16-23(17-14-21)24-20-22(12-10-8-5-2)15-18-25(24)26-19-6-3/h15,18,20-21,23H,4-14,16-17,19H2,1-3H3. The van der Waals surface area contributed by atoms with Gasteiger partial charge in [0.25, 0.3) is 0 Å². The van der Waals surface area contributed by atoms with Crippen LogP contribution in [0.25, 0.3) is 0 Å². The molecule has 0 saturated heterocycles. The summed E-state index contributed by atoms with van der Waals surface area (Å²) in [6.45, 7) is 7.63. The summed E-state index contributed by atoms with van der Waals surface area (Å²) in [5, 5.41) is 0. The lowest BCUT2D eigenvalue weighted by molar-refractivity contribution is 0.284. The van der Waals surface area contributed by atoms with Gasteiger partial charge in [0, 0.05) is 0 Å². The molecule has 0 bridgehead atoms. The average Bonchev–Trinajstić information content (AvgIpc) is 2.68. The number of hydrogen-bond acceptors (Lipinski definition) is 1. The van der Waals surface area contributed by atoms with E-state index in [9.17, 15) is 0 Å². The molecule has 0 unspecified atom stereocenters. The second kappa shape index (κ2) is 12.4. The number of benzene rings is 1. The summed E-state index contributed by atoms with van der Waals surface area (Å²) in [5.41, 5.74) is 3.03. The Morgan fingerprint density at radius 1 is 0.846 bits per heavy atom. The molecule has 1 heteroatoms. The van der Waals surface area contributed by atoms with Crippen molar-refractivity contribution >= 4 is 0 Å². The van der Waals surface area contributed by atoms with E-state index in [4.69, 9.17) is 4.74 Å². The number of ether oxygens (including phenoxy) is 1. The molecule has 0 radical (unpaired) electrons. The Morgan fingerprint density at radius 2 is 1.58 bits per heavy atom. The van der Waals surface area contributed by atoms with E-state index in [1.807, 2.05) is 0 Å². The zero-order chi connectivity index (χ0) is 18.6. The molecule has 1 nitrogen and oxygen atoms in total. The molecule has 0 atom stereocenters. The van der Waals surface area contributed by atoms with Crippen molar-refractivity contribution in [3.63, 3.8) is 0 Å². The molecule has 0 heterocycles. The van der Waals surface area contributed by atoms with Crippen molar-refractivity contribution in [1.82, 2.24) is 0 Å². The summed E-state index contributed by atoms with van der Waals surface area (Å²) in [6.07, 6.45) is 17.5. The summed E-state index contributed by atoms with van der Waals surface area (Å²) < 4.78 is 6.13. The van der Waals surface area contributed by atoms with Crippen molar-refractivity contribution in [2.45, 2.75) is 110 Å². The van der Waals surface area contributed by atoms with Crippen LogP contribution in [0.3, 0.4) is 0 Å². The molecular formula is C25H42O. The summed E-state index contributed by atoms with van der Waals surface area (Å²) in [7, 11) is 0. The molecule has 0 N–H and O–H groups in total. The lowest BCUT2D eigenvalue weighted by atomic mass is 9.76. The second-order valence-corrected chi connectivity index (χ2v) is 8.39. The summed E-state index contributed by atoms with van der Waals surface area (Å²) in [4.78, 5) is 0. The normalized spacial score (nSPS) is 20.3. The van der Waals surface area contributed by atoms with Gasteiger partial charge in [-0.3, -0.25) is 0 Å². The molecule has 0 amide bonds. The second-order valence-electron chi connectivity index (χ2n) is 8.39. The average molecular weight is 359 g/mol. The molecule has 1 aliphatic carbocycles. The largest absolute Gasteiger partial charge is 0.493 e. The summed E-state index contributed by atoms with van der Waals surface area (Å²) in [6, 6.07) is 7.06. The maximum Gasteiger partial charge on any atom is 0.122 e. The Kier molecular flexibility index (Phi) is 10.2. The highest BCUT2D eigenvalue weighted by Crippen LogP contribution is 2.41. The van der Waals surface area contributed by atoms with Crippen LogP contribution in [0.4, 0.5) is 0 Å². The molecular weight excluding hydrogens is 316 g/mol. The Hall–Kier alpha value is -0.980. The predicted octanol–water partition coefficient (Wildman–Crippen LogP) is 8.06. The molecule has 2 rings (SSSR count). The van der Waals surface area contributed by atoms with Crippen LogP contribution >= 0.6 is 0 Å². The van der Waals surface area contributed by atoms with Gasteiger partial charge in [-0.15, -0.1) is 0 Å². The third kappa shape index (κ3) is 6.97. The van der Waals surface area contributed by atoms with Gasteiger partial charge in [-0.2, -0.15) is 0 Å². The lowest BCUT2D eigenvalue weighted by Crippen LogP contribution is -2.14. The minimum absolute atomic E-state index is 0.718. The molecule has 1 saturated carbocycles. The minimum Gasteiger partial charge on any atom is -0.493 e. The van der Waals surface area contributed by atoms with Crippen molar-refractivity contribution in [1.29, 1.82) is 0 Å². The van der Waals surface area contributed by atoms with Crippen molar-refractivity contribution in [3.8, 4) is 5.75 Å². The van der Waals surface area contributed by atoms with Gasteiger partial charge in [-0.25, -0.2) is 0 Å². The Labute approximate surface area is 162 Å². The molecule has 0 spiro atoms. The molecule has 26 heavy (non-hydrogen) atoms. The third-order valence-electron chi connectivity index (χ3n) is 6.11. The van der Waals surface area contributed by atoms with Crippen LogP contribution < -0.4 is 4.74 Å².